The van der Waals surface area contributed by atoms with E-state index in [-0.39, 0.29) is 17.9 Å². The Morgan fingerprint density at radius 2 is 1.83 bits per heavy atom. The van der Waals surface area contributed by atoms with Crippen molar-refractivity contribution >= 4 is 39.2 Å². The number of hydrogen-bond donors (Lipinski definition) is 1. The van der Waals surface area contributed by atoms with Crippen LogP contribution < -0.4 is 5.32 Å². The molecule has 0 aromatic heterocycles. The predicted octanol–water partition coefficient (Wildman–Crippen LogP) is 4.73. The first kappa shape index (κ1) is 25.8. The molecule has 1 aliphatic heterocycles. The first-order valence-electron chi connectivity index (χ1n) is 11.3. The third-order valence-corrected chi connectivity index (χ3v) is 8.07. The molecule has 36 heavy (non-hydrogen) atoms. The molecule has 1 N–H and O–H groups in total. The number of carbonyl (C=O) groups excluding carboxylic acids is 2. The molecule has 1 amide bonds. The molecule has 0 spiro atoms. The van der Waals surface area contributed by atoms with E-state index in [9.17, 15) is 22.4 Å². The Morgan fingerprint density at radius 1 is 1.11 bits per heavy atom. The topological polar surface area (TPSA) is 92.8 Å². The van der Waals surface area contributed by atoms with Crippen LogP contribution in [0, 0.1) is 5.82 Å². The van der Waals surface area contributed by atoms with Crippen LogP contribution in [0.25, 0.3) is 0 Å². The lowest BCUT2D eigenvalue weighted by molar-refractivity contribution is -0.154. The van der Waals surface area contributed by atoms with Crippen LogP contribution in [0.5, 0.6) is 0 Å². The van der Waals surface area contributed by atoms with Crippen molar-refractivity contribution in [2.45, 2.75) is 36.8 Å². The zero-order chi connectivity index (χ0) is 25.9. The summed E-state index contributed by atoms with van der Waals surface area (Å²) in [7, 11) is -4.04. The van der Waals surface area contributed by atoms with Crippen molar-refractivity contribution in [3.8, 4) is 0 Å². The highest BCUT2D eigenvalue weighted by atomic mass is 35.5. The van der Waals surface area contributed by atoms with Gasteiger partial charge in [-0.1, -0.05) is 41.9 Å². The van der Waals surface area contributed by atoms with Crippen molar-refractivity contribution in [3.63, 3.8) is 0 Å². The summed E-state index contributed by atoms with van der Waals surface area (Å²) < 4.78 is 46.9. The number of carbonyl (C=O) groups is 2. The fraction of sp³-hybridized carbons (Fsp3) is 0.231. The van der Waals surface area contributed by atoms with Crippen molar-refractivity contribution in [2.75, 3.05) is 11.9 Å². The summed E-state index contributed by atoms with van der Waals surface area (Å²) in [6.45, 7) is 1.57. The van der Waals surface area contributed by atoms with E-state index in [1.807, 2.05) is 12.1 Å². The molecule has 7 nitrogen and oxygen atoms in total. The fourth-order valence-electron chi connectivity index (χ4n) is 4.14. The van der Waals surface area contributed by atoms with Gasteiger partial charge in [0.15, 0.2) is 6.10 Å². The highest BCUT2D eigenvalue weighted by Crippen LogP contribution is 2.36. The van der Waals surface area contributed by atoms with Gasteiger partial charge in [0.25, 0.3) is 5.91 Å². The number of halogens is 2. The molecule has 4 rings (SSSR count). The first-order valence-corrected chi connectivity index (χ1v) is 13.1. The Morgan fingerprint density at radius 3 is 2.56 bits per heavy atom. The van der Waals surface area contributed by atoms with Crippen molar-refractivity contribution in [1.82, 2.24) is 4.31 Å². The molecule has 1 heterocycles. The van der Waals surface area contributed by atoms with E-state index in [1.165, 1.54) is 23.4 Å². The average Bonchev–Trinajstić information content (AvgIpc) is 2.84. The van der Waals surface area contributed by atoms with Crippen LogP contribution in [0.1, 0.15) is 30.5 Å². The van der Waals surface area contributed by atoms with Gasteiger partial charge in [0.2, 0.25) is 10.0 Å². The fourth-order valence-corrected chi connectivity index (χ4v) is 5.93. The summed E-state index contributed by atoms with van der Waals surface area (Å²) in [5, 5.41) is 3.07. The van der Waals surface area contributed by atoms with E-state index in [0.717, 1.165) is 17.7 Å². The molecule has 2 unspecified atom stereocenters. The minimum atomic E-state index is -4.04. The number of fused-ring (bicyclic) bond motifs is 1. The van der Waals surface area contributed by atoms with Crippen molar-refractivity contribution in [2.24, 2.45) is 0 Å². The number of benzene rings is 3. The number of nitrogens with one attached hydrogen (secondary N) is 1. The number of sulfonamides is 1. The van der Waals surface area contributed by atoms with Crippen LogP contribution in [0.15, 0.2) is 77.7 Å². The molecule has 0 saturated carbocycles. The monoisotopic (exact) mass is 530 g/mol. The van der Waals surface area contributed by atoms with Crippen LogP contribution in [0.3, 0.4) is 0 Å². The van der Waals surface area contributed by atoms with E-state index in [4.69, 9.17) is 16.3 Å². The van der Waals surface area contributed by atoms with E-state index < -0.39 is 39.9 Å². The summed E-state index contributed by atoms with van der Waals surface area (Å²) in [6.07, 6.45) is -0.968. The number of rotatable bonds is 7. The minimum Gasteiger partial charge on any atom is -0.452 e. The minimum absolute atomic E-state index is 0.0732. The maximum Gasteiger partial charge on any atom is 0.308 e. The Labute approximate surface area is 213 Å². The zero-order valence-electron chi connectivity index (χ0n) is 19.4. The van der Waals surface area contributed by atoms with Gasteiger partial charge in [-0.25, -0.2) is 12.8 Å². The normalized spacial score (nSPS) is 16.6. The number of anilines is 1. The summed E-state index contributed by atoms with van der Waals surface area (Å²) in [5.41, 5.74) is 2.06. The molecule has 188 valence electrons. The number of ether oxygens (including phenoxy) is 1. The lowest BCUT2D eigenvalue weighted by Crippen LogP contribution is -2.41. The van der Waals surface area contributed by atoms with Crippen LogP contribution in [0.2, 0.25) is 5.02 Å². The lowest BCUT2D eigenvalue weighted by atomic mass is 9.92. The number of hydrogen-bond acceptors (Lipinski definition) is 5. The smallest absolute Gasteiger partial charge is 0.308 e. The Hall–Kier alpha value is -3.27. The van der Waals surface area contributed by atoms with Gasteiger partial charge in [-0.05, 0) is 66.9 Å². The van der Waals surface area contributed by atoms with Crippen LogP contribution in [0.4, 0.5) is 10.1 Å². The highest BCUT2D eigenvalue weighted by molar-refractivity contribution is 7.89. The SMILES string of the molecule is CC(OC(=O)CC1c2ccccc2CCN1S(=O)(=O)c1ccc(F)cc1)C(=O)Nc1cccc(Cl)c1. The van der Waals surface area contributed by atoms with E-state index >= 15 is 0 Å². The van der Waals surface area contributed by atoms with Crippen molar-refractivity contribution in [1.29, 1.82) is 0 Å². The van der Waals surface area contributed by atoms with Gasteiger partial charge in [0, 0.05) is 17.3 Å². The molecule has 3 aromatic rings. The second-order valence-corrected chi connectivity index (χ2v) is 10.7. The van der Waals surface area contributed by atoms with Crippen molar-refractivity contribution in [3.05, 3.63) is 94.8 Å². The molecule has 0 saturated heterocycles. The number of nitrogens with zero attached hydrogens (tertiary/aromatic N) is 1. The van der Waals surface area contributed by atoms with E-state index in [0.29, 0.717) is 22.7 Å². The van der Waals surface area contributed by atoms with Gasteiger partial charge in [-0.15, -0.1) is 0 Å². The zero-order valence-corrected chi connectivity index (χ0v) is 20.9. The van der Waals surface area contributed by atoms with Gasteiger partial charge in [0.1, 0.15) is 5.82 Å². The molecule has 0 radical (unpaired) electrons. The molecule has 10 heteroatoms. The van der Waals surface area contributed by atoms with Gasteiger partial charge < -0.3 is 10.1 Å². The largest absolute Gasteiger partial charge is 0.452 e. The molecule has 0 bridgehead atoms. The van der Waals surface area contributed by atoms with Gasteiger partial charge in [0.05, 0.1) is 17.4 Å². The first-order chi connectivity index (χ1) is 17.1. The van der Waals surface area contributed by atoms with Crippen LogP contribution >= 0.6 is 11.6 Å². The number of esters is 1. The Kier molecular flexibility index (Phi) is 7.73. The Balaban J connectivity index is 1.53. The summed E-state index contributed by atoms with van der Waals surface area (Å²) >= 11 is 5.94. The highest BCUT2D eigenvalue weighted by Gasteiger charge is 2.38. The van der Waals surface area contributed by atoms with Crippen molar-refractivity contribution < 1.29 is 27.1 Å². The standard InChI is InChI=1S/C26H24ClFN2O5S/c1-17(26(32)29-21-7-4-6-19(27)15-21)35-25(31)16-24-23-8-3-2-5-18(23)13-14-30(24)36(33,34)22-11-9-20(28)10-12-22/h2-12,15,17,24H,13-14,16H2,1H3,(H,29,32). The molecule has 3 aromatic carbocycles. The second kappa shape index (κ2) is 10.8. The summed E-state index contributed by atoms with van der Waals surface area (Å²) in [4.78, 5) is 25.3. The van der Waals surface area contributed by atoms with Gasteiger partial charge in [-0.3, -0.25) is 9.59 Å². The summed E-state index contributed by atoms with van der Waals surface area (Å²) in [5.74, 6) is -1.83. The quantitative estimate of drug-likeness (QED) is 0.446. The predicted molar refractivity (Wildman–Crippen MR) is 133 cm³/mol. The average molecular weight is 531 g/mol. The van der Waals surface area contributed by atoms with E-state index in [1.54, 1.807) is 36.4 Å². The van der Waals surface area contributed by atoms with E-state index in [2.05, 4.69) is 5.32 Å². The summed E-state index contributed by atoms with van der Waals surface area (Å²) in [6, 6.07) is 17.5. The van der Waals surface area contributed by atoms with Crippen LogP contribution in [-0.4, -0.2) is 37.2 Å². The molecule has 2 atom stereocenters. The third-order valence-electron chi connectivity index (χ3n) is 5.91. The third kappa shape index (κ3) is 5.75. The lowest BCUT2D eigenvalue weighted by Gasteiger charge is -2.36. The Bertz CT molecular complexity index is 1380. The maximum absolute atomic E-state index is 13.4. The molecule has 0 fully saturated rings. The van der Waals surface area contributed by atoms with Crippen LogP contribution in [-0.2, 0) is 30.8 Å². The maximum atomic E-state index is 13.4. The molecular weight excluding hydrogens is 507 g/mol. The molecule has 0 aliphatic carbocycles. The van der Waals surface area contributed by atoms with Gasteiger partial charge in [-0.2, -0.15) is 4.31 Å². The number of amides is 1. The molecular formula is C26H24ClFN2O5S. The molecule has 1 aliphatic rings. The second-order valence-electron chi connectivity index (χ2n) is 8.37. The van der Waals surface area contributed by atoms with Gasteiger partial charge >= 0.3 is 5.97 Å².